The third-order valence-electron chi connectivity index (χ3n) is 2.05. The SMILES string of the molecule is Nc1cccc(Cl)c1C(=O)CC(N)C(=O)O. The molecule has 1 aromatic rings. The number of anilines is 1. The molecule has 0 aliphatic rings. The lowest BCUT2D eigenvalue weighted by molar-refractivity contribution is -0.138. The highest BCUT2D eigenvalue weighted by molar-refractivity contribution is 6.34. The van der Waals surface area contributed by atoms with Gasteiger partial charge in [-0.1, -0.05) is 17.7 Å². The van der Waals surface area contributed by atoms with Crippen LogP contribution < -0.4 is 11.5 Å². The van der Waals surface area contributed by atoms with Crippen LogP contribution in [-0.2, 0) is 4.79 Å². The average Bonchev–Trinajstić information content (AvgIpc) is 2.16. The fraction of sp³-hybridized carbons (Fsp3) is 0.200. The van der Waals surface area contributed by atoms with E-state index in [2.05, 4.69) is 0 Å². The highest BCUT2D eigenvalue weighted by atomic mass is 35.5. The number of carbonyl (C=O) groups is 2. The Morgan fingerprint density at radius 2 is 2.06 bits per heavy atom. The summed E-state index contributed by atoms with van der Waals surface area (Å²) < 4.78 is 0. The Morgan fingerprint density at radius 1 is 1.44 bits per heavy atom. The highest BCUT2D eigenvalue weighted by Crippen LogP contribution is 2.23. The predicted octanol–water partition coefficient (Wildman–Crippen LogP) is 0.907. The van der Waals surface area contributed by atoms with E-state index in [9.17, 15) is 9.59 Å². The number of rotatable bonds is 4. The zero-order valence-corrected chi connectivity index (χ0v) is 9.07. The number of nitrogens with two attached hydrogens (primary N) is 2. The Labute approximate surface area is 97.0 Å². The van der Waals surface area contributed by atoms with Crippen molar-refractivity contribution in [3.05, 3.63) is 28.8 Å². The first kappa shape index (κ1) is 12.5. The van der Waals surface area contributed by atoms with Crippen molar-refractivity contribution in [2.45, 2.75) is 12.5 Å². The largest absolute Gasteiger partial charge is 0.480 e. The van der Waals surface area contributed by atoms with Gasteiger partial charge in [0.2, 0.25) is 0 Å². The summed E-state index contributed by atoms with van der Waals surface area (Å²) in [6, 6.07) is 3.39. The molecule has 0 saturated carbocycles. The van der Waals surface area contributed by atoms with Crippen LogP contribution in [0.4, 0.5) is 5.69 Å². The van der Waals surface area contributed by atoms with E-state index in [4.69, 9.17) is 28.2 Å². The lowest BCUT2D eigenvalue weighted by Gasteiger charge is -2.09. The second-order valence-corrected chi connectivity index (χ2v) is 3.68. The van der Waals surface area contributed by atoms with Crippen molar-refractivity contribution in [1.82, 2.24) is 0 Å². The van der Waals surface area contributed by atoms with Crippen LogP contribution in [0.3, 0.4) is 0 Å². The summed E-state index contributed by atoms with van der Waals surface area (Å²) in [5.74, 6) is -1.71. The summed E-state index contributed by atoms with van der Waals surface area (Å²) in [5, 5.41) is 8.77. The van der Waals surface area contributed by atoms with Crippen molar-refractivity contribution in [1.29, 1.82) is 0 Å². The van der Waals surface area contributed by atoms with Gasteiger partial charge in [0.1, 0.15) is 6.04 Å². The number of halogens is 1. The van der Waals surface area contributed by atoms with Crippen molar-refractivity contribution >= 4 is 29.0 Å². The van der Waals surface area contributed by atoms with Gasteiger partial charge in [-0.25, -0.2) is 0 Å². The first-order chi connectivity index (χ1) is 7.43. The number of ketones is 1. The van der Waals surface area contributed by atoms with Crippen molar-refractivity contribution in [2.75, 3.05) is 5.73 Å². The summed E-state index contributed by atoms with van der Waals surface area (Å²) in [6.07, 6.45) is -0.330. The first-order valence-corrected chi connectivity index (χ1v) is 4.87. The minimum atomic E-state index is -1.25. The molecule has 16 heavy (non-hydrogen) atoms. The van der Waals surface area contributed by atoms with E-state index in [1.807, 2.05) is 0 Å². The zero-order chi connectivity index (χ0) is 12.3. The molecule has 0 radical (unpaired) electrons. The molecule has 1 unspecified atom stereocenters. The molecule has 5 nitrogen and oxygen atoms in total. The lowest BCUT2D eigenvalue weighted by Crippen LogP contribution is -2.32. The number of hydrogen-bond donors (Lipinski definition) is 3. The quantitative estimate of drug-likeness (QED) is 0.537. The molecule has 5 N–H and O–H groups in total. The Bertz CT molecular complexity index is 414. The summed E-state index contributed by atoms with van der Waals surface area (Å²) in [4.78, 5) is 22.2. The van der Waals surface area contributed by atoms with Crippen LogP contribution in [-0.4, -0.2) is 22.9 Å². The van der Waals surface area contributed by atoms with Crippen LogP contribution in [0.25, 0.3) is 0 Å². The number of carbonyl (C=O) groups excluding carboxylic acids is 1. The van der Waals surface area contributed by atoms with Crippen LogP contribution >= 0.6 is 11.6 Å². The molecular formula is C10H11ClN2O3. The van der Waals surface area contributed by atoms with E-state index in [0.717, 1.165) is 0 Å². The molecule has 0 bridgehead atoms. The van der Waals surface area contributed by atoms with Gasteiger partial charge in [0.15, 0.2) is 5.78 Å². The molecule has 0 spiro atoms. The maximum atomic E-state index is 11.7. The van der Waals surface area contributed by atoms with Crippen LogP contribution in [0, 0.1) is 0 Å². The number of carboxylic acid groups (broad SMARTS) is 1. The molecule has 0 aromatic heterocycles. The van der Waals surface area contributed by atoms with E-state index in [1.165, 1.54) is 12.1 Å². The van der Waals surface area contributed by atoms with Gasteiger partial charge in [-0.3, -0.25) is 9.59 Å². The summed E-state index contributed by atoms with van der Waals surface area (Å²) in [7, 11) is 0. The Kier molecular flexibility index (Phi) is 3.87. The fourth-order valence-electron chi connectivity index (χ4n) is 1.22. The number of hydrogen-bond acceptors (Lipinski definition) is 4. The molecule has 0 heterocycles. The van der Waals surface area contributed by atoms with E-state index in [1.54, 1.807) is 6.07 Å². The summed E-state index contributed by atoms with van der Waals surface area (Å²) in [6.45, 7) is 0. The molecule has 0 fully saturated rings. The van der Waals surface area contributed by atoms with E-state index in [0.29, 0.717) is 0 Å². The van der Waals surface area contributed by atoms with Gasteiger partial charge < -0.3 is 16.6 Å². The maximum absolute atomic E-state index is 11.7. The molecule has 0 aliphatic heterocycles. The van der Waals surface area contributed by atoms with Crippen molar-refractivity contribution in [2.24, 2.45) is 5.73 Å². The number of aliphatic carboxylic acids is 1. The van der Waals surface area contributed by atoms with Crippen LogP contribution in [0.2, 0.25) is 5.02 Å². The van der Waals surface area contributed by atoms with Gasteiger partial charge >= 0.3 is 5.97 Å². The van der Waals surface area contributed by atoms with Gasteiger partial charge in [0, 0.05) is 12.1 Å². The number of benzene rings is 1. The maximum Gasteiger partial charge on any atom is 0.320 e. The van der Waals surface area contributed by atoms with E-state index in [-0.39, 0.29) is 22.7 Å². The minimum Gasteiger partial charge on any atom is -0.480 e. The number of Topliss-reactive ketones (excluding diaryl/α,β-unsaturated/α-hetero) is 1. The first-order valence-electron chi connectivity index (χ1n) is 4.49. The van der Waals surface area contributed by atoms with Crippen LogP contribution in [0.5, 0.6) is 0 Å². The molecule has 0 amide bonds. The van der Waals surface area contributed by atoms with Gasteiger partial charge in [0.25, 0.3) is 0 Å². The topological polar surface area (TPSA) is 106 Å². The fourth-order valence-corrected chi connectivity index (χ4v) is 1.51. The van der Waals surface area contributed by atoms with E-state index < -0.39 is 17.8 Å². The Morgan fingerprint density at radius 3 is 2.56 bits per heavy atom. The smallest absolute Gasteiger partial charge is 0.320 e. The summed E-state index contributed by atoms with van der Waals surface area (Å²) in [5.41, 5.74) is 11.2. The predicted molar refractivity (Wildman–Crippen MR) is 60.4 cm³/mol. The zero-order valence-electron chi connectivity index (χ0n) is 8.31. The third-order valence-corrected chi connectivity index (χ3v) is 2.36. The van der Waals surface area contributed by atoms with Crippen molar-refractivity contribution < 1.29 is 14.7 Å². The Balaban J connectivity index is 2.93. The normalized spacial score (nSPS) is 12.1. The monoisotopic (exact) mass is 242 g/mol. The standard InChI is InChI=1S/C10H11ClN2O3/c11-5-2-1-3-6(12)9(5)8(14)4-7(13)10(15)16/h1-3,7H,4,12-13H2,(H,15,16). The second-order valence-electron chi connectivity index (χ2n) is 3.28. The molecule has 0 aliphatic carbocycles. The molecule has 1 rings (SSSR count). The second kappa shape index (κ2) is 4.96. The molecule has 1 atom stereocenters. The minimum absolute atomic E-state index is 0.126. The van der Waals surface area contributed by atoms with Gasteiger partial charge in [-0.2, -0.15) is 0 Å². The number of carboxylic acids is 1. The number of nitrogen functional groups attached to an aromatic ring is 1. The van der Waals surface area contributed by atoms with E-state index >= 15 is 0 Å². The third kappa shape index (κ3) is 2.71. The van der Waals surface area contributed by atoms with Crippen LogP contribution in [0.1, 0.15) is 16.8 Å². The molecule has 0 saturated heterocycles. The molecule has 1 aromatic carbocycles. The van der Waals surface area contributed by atoms with Gasteiger partial charge in [-0.15, -0.1) is 0 Å². The summed E-state index contributed by atoms with van der Waals surface area (Å²) >= 11 is 5.80. The van der Waals surface area contributed by atoms with Crippen molar-refractivity contribution in [3.63, 3.8) is 0 Å². The van der Waals surface area contributed by atoms with Gasteiger partial charge in [-0.05, 0) is 12.1 Å². The molecular weight excluding hydrogens is 232 g/mol. The van der Waals surface area contributed by atoms with Crippen molar-refractivity contribution in [3.8, 4) is 0 Å². The lowest BCUT2D eigenvalue weighted by atomic mass is 10.0. The molecule has 86 valence electrons. The van der Waals surface area contributed by atoms with Gasteiger partial charge in [0.05, 0.1) is 10.6 Å². The average molecular weight is 243 g/mol. The molecule has 6 heteroatoms. The Hall–Kier alpha value is -1.59. The highest BCUT2D eigenvalue weighted by Gasteiger charge is 2.20. The van der Waals surface area contributed by atoms with Crippen LogP contribution in [0.15, 0.2) is 18.2 Å².